The van der Waals surface area contributed by atoms with Crippen LogP contribution in [-0.2, 0) is 4.79 Å². The maximum Gasteiger partial charge on any atom is 0.240 e. The van der Waals surface area contributed by atoms with Crippen molar-refractivity contribution >= 4 is 17.3 Å². The van der Waals surface area contributed by atoms with E-state index in [-0.39, 0.29) is 12.5 Å². The molecule has 1 atom stereocenters. The fourth-order valence-electron chi connectivity index (χ4n) is 2.34. The molecule has 1 fully saturated rings. The third-order valence-corrected chi connectivity index (χ3v) is 3.64. The molecule has 0 bridgehead atoms. The summed E-state index contributed by atoms with van der Waals surface area (Å²) < 4.78 is 0. The predicted molar refractivity (Wildman–Crippen MR) is 75.9 cm³/mol. The van der Waals surface area contributed by atoms with Crippen LogP contribution >= 0.6 is 0 Å². The van der Waals surface area contributed by atoms with Crippen molar-refractivity contribution in [2.24, 2.45) is 5.92 Å². The molecule has 1 saturated heterocycles. The lowest BCUT2D eigenvalue weighted by Gasteiger charge is -2.21. The molecule has 0 aliphatic carbocycles. The molecule has 2 rings (SSSR count). The fourth-order valence-corrected chi connectivity index (χ4v) is 2.34. The van der Waals surface area contributed by atoms with E-state index in [0.29, 0.717) is 18.2 Å². The van der Waals surface area contributed by atoms with E-state index in [1.165, 1.54) is 0 Å². The van der Waals surface area contributed by atoms with E-state index in [9.17, 15) is 4.79 Å². The monoisotopic (exact) mass is 263 g/mol. The number of aliphatic hydroxyl groups is 1. The molecule has 0 spiro atoms. The van der Waals surface area contributed by atoms with Crippen LogP contribution in [0.4, 0.5) is 11.4 Å². The number of nitrogens with zero attached hydrogens (tertiary/aromatic N) is 2. The summed E-state index contributed by atoms with van der Waals surface area (Å²) >= 11 is 0. The number of benzene rings is 1. The van der Waals surface area contributed by atoms with E-state index in [0.717, 1.165) is 25.2 Å². The van der Waals surface area contributed by atoms with Gasteiger partial charge in [-0.1, -0.05) is 0 Å². The standard InChI is InChI=1S/C14H21N3O2/c1-16(13-4-2-12(15)3-5-13)14(19)9-17-7-6-11(8-17)10-18/h2-5,11,18H,6-10,15H2,1H3. The van der Waals surface area contributed by atoms with E-state index in [1.807, 2.05) is 12.1 Å². The van der Waals surface area contributed by atoms with Crippen LogP contribution in [0.15, 0.2) is 24.3 Å². The molecule has 5 nitrogen and oxygen atoms in total. The Kier molecular flexibility index (Phi) is 4.39. The quantitative estimate of drug-likeness (QED) is 0.778. The van der Waals surface area contributed by atoms with Gasteiger partial charge in [-0.05, 0) is 43.1 Å². The number of nitrogens with two attached hydrogens (primary N) is 1. The van der Waals surface area contributed by atoms with E-state index < -0.39 is 0 Å². The number of nitrogen functional groups attached to an aromatic ring is 1. The lowest BCUT2D eigenvalue weighted by atomic mass is 10.1. The molecule has 1 amide bonds. The molecule has 19 heavy (non-hydrogen) atoms. The van der Waals surface area contributed by atoms with Gasteiger partial charge >= 0.3 is 0 Å². The smallest absolute Gasteiger partial charge is 0.240 e. The fraction of sp³-hybridized carbons (Fsp3) is 0.500. The Morgan fingerprint density at radius 3 is 2.74 bits per heavy atom. The second-order valence-electron chi connectivity index (χ2n) is 5.12. The van der Waals surface area contributed by atoms with Gasteiger partial charge in [0.2, 0.25) is 5.91 Å². The lowest BCUT2D eigenvalue weighted by Crippen LogP contribution is -2.37. The summed E-state index contributed by atoms with van der Waals surface area (Å²) in [6.45, 7) is 2.29. The zero-order chi connectivity index (χ0) is 13.8. The number of amides is 1. The van der Waals surface area contributed by atoms with Crippen LogP contribution in [-0.4, -0.2) is 49.2 Å². The molecule has 0 saturated carbocycles. The third kappa shape index (κ3) is 3.45. The molecule has 1 aliphatic heterocycles. The minimum absolute atomic E-state index is 0.0587. The van der Waals surface area contributed by atoms with Crippen LogP contribution in [0.2, 0.25) is 0 Å². The number of anilines is 2. The topological polar surface area (TPSA) is 69.8 Å². The van der Waals surface area contributed by atoms with Crippen molar-refractivity contribution in [3.8, 4) is 0 Å². The van der Waals surface area contributed by atoms with Crippen molar-refractivity contribution in [2.45, 2.75) is 6.42 Å². The first-order valence-electron chi connectivity index (χ1n) is 6.55. The Morgan fingerprint density at radius 2 is 2.16 bits per heavy atom. The molecule has 0 aromatic heterocycles. The van der Waals surface area contributed by atoms with Crippen LogP contribution in [0.5, 0.6) is 0 Å². The Labute approximate surface area is 113 Å². The third-order valence-electron chi connectivity index (χ3n) is 3.64. The Morgan fingerprint density at radius 1 is 1.47 bits per heavy atom. The molecule has 5 heteroatoms. The largest absolute Gasteiger partial charge is 0.399 e. The van der Waals surface area contributed by atoms with Gasteiger partial charge in [-0.25, -0.2) is 0 Å². The van der Waals surface area contributed by atoms with Crippen LogP contribution in [0.1, 0.15) is 6.42 Å². The van der Waals surface area contributed by atoms with Gasteiger partial charge in [0, 0.05) is 31.6 Å². The maximum atomic E-state index is 12.2. The zero-order valence-electron chi connectivity index (χ0n) is 11.2. The SMILES string of the molecule is CN(C(=O)CN1CCC(CO)C1)c1ccc(N)cc1. The molecule has 3 N–H and O–H groups in total. The van der Waals surface area contributed by atoms with Gasteiger partial charge in [-0.15, -0.1) is 0 Å². The van der Waals surface area contributed by atoms with Crippen LogP contribution in [0, 0.1) is 5.92 Å². The van der Waals surface area contributed by atoms with Crippen molar-refractivity contribution in [3.63, 3.8) is 0 Å². The van der Waals surface area contributed by atoms with Crippen molar-refractivity contribution in [1.29, 1.82) is 0 Å². The van der Waals surface area contributed by atoms with Crippen LogP contribution in [0.3, 0.4) is 0 Å². The van der Waals surface area contributed by atoms with Crippen molar-refractivity contribution in [2.75, 3.05) is 43.9 Å². The van der Waals surface area contributed by atoms with Crippen LogP contribution < -0.4 is 10.6 Å². The number of carbonyl (C=O) groups excluding carboxylic acids is 1. The van der Waals surface area contributed by atoms with E-state index in [4.69, 9.17) is 10.8 Å². The Balaban J connectivity index is 1.91. The second kappa shape index (κ2) is 6.04. The summed E-state index contributed by atoms with van der Waals surface area (Å²) in [6.07, 6.45) is 0.968. The highest BCUT2D eigenvalue weighted by atomic mass is 16.3. The van der Waals surface area contributed by atoms with E-state index in [1.54, 1.807) is 24.1 Å². The van der Waals surface area contributed by atoms with Crippen LogP contribution in [0.25, 0.3) is 0 Å². The molecule has 0 radical (unpaired) electrons. The number of hydrogen-bond donors (Lipinski definition) is 2. The molecular weight excluding hydrogens is 242 g/mol. The summed E-state index contributed by atoms with van der Waals surface area (Å²) in [4.78, 5) is 15.9. The molecule has 1 heterocycles. The maximum absolute atomic E-state index is 12.2. The number of rotatable bonds is 4. The van der Waals surface area contributed by atoms with Crippen molar-refractivity contribution in [3.05, 3.63) is 24.3 Å². The van der Waals surface area contributed by atoms with Gasteiger partial charge < -0.3 is 15.7 Å². The summed E-state index contributed by atoms with van der Waals surface area (Å²) in [5, 5.41) is 9.10. The van der Waals surface area contributed by atoms with E-state index in [2.05, 4.69) is 4.90 Å². The van der Waals surface area contributed by atoms with Gasteiger partial charge in [0.25, 0.3) is 0 Å². The highest BCUT2D eigenvalue weighted by Crippen LogP contribution is 2.18. The Hall–Kier alpha value is -1.59. The molecule has 1 unspecified atom stereocenters. The van der Waals surface area contributed by atoms with Gasteiger partial charge in [-0.2, -0.15) is 0 Å². The van der Waals surface area contributed by atoms with Gasteiger partial charge in [0.05, 0.1) is 6.54 Å². The summed E-state index contributed by atoms with van der Waals surface area (Å²) in [6, 6.07) is 7.26. The zero-order valence-corrected chi connectivity index (χ0v) is 11.2. The van der Waals surface area contributed by atoms with E-state index >= 15 is 0 Å². The first-order chi connectivity index (χ1) is 9.10. The van der Waals surface area contributed by atoms with Crippen molar-refractivity contribution < 1.29 is 9.90 Å². The lowest BCUT2D eigenvalue weighted by molar-refractivity contribution is -0.119. The first kappa shape index (κ1) is 13.8. The average molecular weight is 263 g/mol. The highest BCUT2D eigenvalue weighted by Gasteiger charge is 2.24. The summed E-state index contributed by atoms with van der Waals surface area (Å²) in [5.41, 5.74) is 7.16. The minimum Gasteiger partial charge on any atom is -0.399 e. The molecule has 1 aromatic rings. The van der Waals surface area contributed by atoms with Gasteiger partial charge in [-0.3, -0.25) is 9.69 Å². The molecule has 1 aromatic carbocycles. The molecular formula is C14H21N3O2. The number of carbonyl (C=O) groups is 1. The van der Waals surface area contributed by atoms with Gasteiger partial charge in [0.1, 0.15) is 0 Å². The average Bonchev–Trinajstić information content (AvgIpc) is 2.86. The first-order valence-corrected chi connectivity index (χ1v) is 6.55. The minimum atomic E-state index is 0.0587. The Bertz CT molecular complexity index is 433. The summed E-state index contributed by atoms with van der Waals surface area (Å²) in [7, 11) is 1.77. The molecule has 104 valence electrons. The highest BCUT2D eigenvalue weighted by molar-refractivity contribution is 5.94. The normalized spacial score (nSPS) is 19.6. The molecule has 1 aliphatic rings. The number of aliphatic hydroxyl groups excluding tert-OH is 1. The van der Waals surface area contributed by atoms with Gasteiger partial charge in [0.15, 0.2) is 0 Å². The summed E-state index contributed by atoms with van der Waals surface area (Å²) in [5.74, 6) is 0.373. The number of likely N-dealkylation sites (tertiary alicyclic amines) is 1. The van der Waals surface area contributed by atoms with Crippen molar-refractivity contribution in [1.82, 2.24) is 4.90 Å². The number of likely N-dealkylation sites (N-methyl/N-ethyl adjacent to an activating group) is 1. The predicted octanol–water partition coefficient (Wildman–Crippen LogP) is 0.546. The number of hydrogen-bond acceptors (Lipinski definition) is 4. The second-order valence-corrected chi connectivity index (χ2v) is 5.12.